The third-order valence-electron chi connectivity index (χ3n) is 4.90. The minimum Gasteiger partial charge on any atom is -0.477 e. The summed E-state index contributed by atoms with van der Waals surface area (Å²) < 4.78 is 35.0. The first-order chi connectivity index (χ1) is 14.2. The molecule has 5 rings (SSSR count). The van der Waals surface area contributed by atoms with E-state index in [2.05, 4.69) is 26.1 Å². The monoisotopic (exact) mass is 414 g/mol. The van der Waals surface area contributed by atoms with Gasteiger partial charge in [-0.2, -0.15) is 10.4 Å². The molecule has 0 saturated carbocycles. The van der Waals surface area contributed by atoms with Gasteiger partial charge in [0.1, 0.15) is 23.1 Å². The summed E-state index contributed by atoms with van der Waals surface area (Å²) in [6.07, 6.45) is 1.03. The number of fused-ring (bicyclic) bond motifs is 2. The van der Waals surface area contributed by atoms with Crippen molar-refractivity contribution in [2.24, 2.45) is 0 Å². The van der Waals surface area contributed by atoms with Crippen LogP contribution in [0.1, 0.15) is 25.7 Å². The second kappa shape index (κ2) is 7.51. The van der Waals surface area contributed by atoms with Gasteiger partial charge in [0.05, 0.1) is 17.9 Å². The number of rotatable bonds is 3. The summed E-state index contributed by atoms with van der Waals surface area (Å²) in [6, 6.07) is 9.09. The first-order valence-electron chi connectivity index (χ1n) is 9.03. The lowest BCUT2D eigenvalue weighted by Crippen LogP contribution is -2.15. The van der Waals surface area contributed by atoms with Gasteiger partial charge in [0.15, 0.2) is 0 Å². The highest BCUT2D eigenvalue weighted by atomic mass is 19.3. The van der Waals surface area contributed by atoms with E-state index in [0.717, 1.165) is 0 Å². The Hall–Kier alpha value is -3.87. The van der Waals surface area contributed by atoms with Crippen molar-refractivity contribution >= 4 is 11.0 Å². The molecule has 7 nitrogen and oxygen atoms in total. The van der Waals surface area contributed by atoms with Gasteiger partial charge in [-0.3, -0.25) is 4.70 Å². The van der Waals surface area contributed by atoms with Gasteiger partial charge in [0.2, 0.25) is 5.88 Å². The Morgan fingerprint density at radius 3 is 2.80 bits per heavy atom. The van der Waals surface area contributed by atoms with Gasteiger partial charge >= 0.3 is 0 Å². The van der Waals surface area contributed by atoms with Crippen molar-refractivity contribution in [2.45, 2.75) is 19.4 Å². The Morgan fingerprint density at radius 2 is 2.00 bits per heavy atom. The molecule has 0 spiro atoms. The minimum absolute atomic E-state index is 0. The average Bonchev–Trinajstić information content (AvgIpc) is 3.32. The van der Waals surface area contributed by atoms with Crippen LogP contribution in [-0.2, 0) is 6.54 Å². The largest absolute Gasteiger partial charge is 0.477 e. The predicted molar refractivity (Wildman–Crippen MR) is 105 cm³/mol. The van der Waals surface area contributed by atoms with E-state index in [1.54, 1.807) is 24.4 Å². The van der Waals surface area contributed by atoms with Crippen LogP contribution < -0.4 is 4.74 Å². The lowest BCUT2D eigenvalue weighted by Gasteiger charge is -2.16. The number of ether oxygens (including phenoxy) is 1. The number of H-pyrrole nitrogens is 1. The number of pyridine rings is 2. The van der Waals surface area contributed by atoms with E-state index < -0.39 is 6.43 Å². The molecular formula is C20H17F3N6O. The Bertz CT molecular complexity index is 1280. The number of hydrogen-bond acceptors (Lipinski definition) is 5. The van der Waals surface area contributed by atoms with Crippen LogP contribution in [0.25, 0.3) is 33.4 Å². The van der Waals surface area contributed by atoms with Gasteiger partial charge in [0.25, 0.3) is 6.43 Å². The molecule has 0 radical (unpaired) electrons. The molecule has 4 aromatic heterocycles. The van der Waals surface area contributed by atoms with Crippen LogP contribution in [0.5, 0.6) is 5.88 Å². The van der Waals surface area contributed by atoms with Crippen LogP contribution in [0.15, 0.2) is 36.7 Å². The Morgan fingerprint density at radius 1 is 1.20 bits per heavy atom. The quantitative estimate of drug-likeness (QED) is 0.534. The second-order valence-corrected chi connectivity index (χ2v) is 6.58. The van der Waals surface area contributed by atoms with E-state index >= 15 is 0 Å². The standard InChI is InChI=1S/C20H14F2N6O.FH.H2/c21-18(22)17-15(20-28(27-17)8-3-9-29-20)16-14(11-4-1-6-24-13(11)10-23)12-5-2-7-25-19(12)26-16;;/h1-2,4-7,18H,3,8-9H2,(H,25,26);2*1H. The number of nitrogens with zero attached hydrogens (tertiary/aromatic N) is 5. The van der Waals surface area contributed by atoms with Crippen LogP contribution in [-0.4, -0.2) is 31.3 Å². The molecule has 30 heavy (non-hydrogen) atoms. The molecule has 0 unspecified atom stereocenters. The van der Waals surface area contributed by atoms with Crippen LogP contribution in [0.2, 0.25) is 0 Å². The van der Waals surface area contributed by atoms with Crippen LogP contribution >= 0.6 is 0 Å². The number of halogens is 3. The summed E-state index contributed by atoms with van der Waals surface area (Å²) in [6.45, 7) is 0.921. The topological polar surface area (TPSA) is 92.4 Å². The number of nitrogens with one attached hydrogen (secondary N) is 1. The van der Waals surface area contributed by atoms with Crippen LogP contribution in [0, 0.1) is 11.3 Å². The first kappa shape index (κ1) is 19.4. The fraction of sp³-hybridized carbons (Fsp3) is 0.200. The molecule has 1 aliphatic heterocycles. The highest BCUT2D eigenvalue weighted by Gasteiger charge is 2.32. The van der Waals surface area contributed by atoms with E-state index in [4.69, 9.17) is 4.74 Å². The number of aromatic amines is 1. The van der Waals surface area contributed by atoms with Gasteiger partial charge < -0.3 is 9.72 Å². The van der Waals surface area contributed by atoms with Crippen molar-refractivity contribution in [1.29, 1.82) is 5.26 Å². The van der Waals surface area contributed by atoms with Crippen molar-refractivity contribution in [2.75, 3.05) is 6.61 Å². The van der Waals surface area contributed by atoms with Gasteiger partial charge in [-0.25, -0.2) is 23.4 Å². The van der Waals surface area contributed by atoms with Gasteiger partial charge in [-0.05, 0) is 24.3 Å². The number of aryl methyl sites for hydroxylation is 1. The summed E-state index contributed by atoms with van der Waals surface area (Å²) in [5.74, 6) is 0.293. The van der Waals surface area contributed by atoms with Crippen molar-refractivity contribution in [1.82, 2.24) is 24.7 Å². The van der Waals surface area contributed by atoms with E-state index in [-0.39, 0.29) is 23.1 Å². The van der Waals surface area contributed by atoms with Gasteiger partial charge in [0, 0.05) is 43.3 Å². The number of hydrogen-bond donors (Lipinski definition) is 1. The molecule has 1 aliphatic rings. The summed E-state index contributed by atoms with van der Waals surface area (Å²) in [7, 11) is 0. The number of aromatic nitrogens is 5. The summed E-state index contributed by atoms with van der Waals surface area (Å²) in [5.41, 5.74) is 2.03. The Balaban J connectivity index is 0.00000136. The zero-order valence-corrected chi connectivity index (χ0v) is 15.5. The zero-order chi connectivity index (χ0) is 20.0. The van der Waals surface area contributed by atoms with Crippen molar-refractivity contribution in [3.63, 3.8) is 0 Å². The summed E-state index contributed by atoms with van der Waals surface area (Å²) >= 11 is 0. The second-order valence-electron chi connectivity index (χ2n) is 6.58. The molecule has 10 heteroatoms. The van der Waals surface area contributed by atoms with Gasteiger partial charge in [-0.15, -0.1) is 0 Å². The fourth-order valence-electron chi connectivity index (χ4n) is 3.72. The molecule has 0 aliphatic carbocycles. The number of nitriles is 1. The highest BCUT2D eigenvalue weighted by Crippen LogP contribution is 2.46. The summed E-state index contributed by atoms with van der Waals surface area (Å²) in [4.78, 5) is 11.6. The predicted octanol–water partition coefficient (Wildman–Crippen LogP) is 4.48. The smallest absolute Gasteiger partial charge is 0.282 e. The van der Waals surface area contributed by atoms with E-state index in [1.807, 2.05) is 6.07 Å². The molecule has 0 amide bonds. The van der Waals surface area contributed by atoms with Crippen molar-refractivity contribution < 1.29 is 19.6 Å². The maximum absolute atomic E-state index is 13.9. The molecular weight excluding hydrogens is 397 g/mol. The highest BCUT2D eigenvalue weighted by molar-refractivity contribution is 6.04. The maximum Gasteiger partial charge on any atom is 0.282 e. The van der Waals surface area contributed by atoms with E-state index in [9.17, 15) is 14.0 Å². The van der Waals surface area contributed by atoms with E-state index in [1.165, 1.54) is 10.9 Å². The molecule has 0 aromatic carbocycles. The third kappa shape index (κ3) is 2.86. The number of alkyl halides is 2. The average molecular weight is 414 g/mol. The Labute approximate surface area is 169 Å². The Kier molecular flexibility index (Phi) is 4.87. The minimum atomic E-state index is -2.79. The molecule has 0 fully saturated rings. The fourth-order valence-corrected chi connectivity index (χ4v) is 3.72. The van der Waals surface area contributed by atoms with E-state index in [0.29, 0.717) is 53.3 Å². The molecule has 154 valence electrons. The normalized spacial score (nSPS) is 12.9. The lowest BCUT2D eigenvalue weighted by molar-refractivity contribution is 0.145. The SMILES string of the molecule is F.N#Cc1ncccc1-c1c(-c2c(C(F)F)nn3c2OCCC3)[nH]c2ncccc12.[HH]. The molecule has 5 heterocycles. The molecule has 4 aromatic rings. The van der Waals surface area contributed by atoms with Crippen molar-refractivity contribution in [3.05, 3.63) is 48.0 Å². The van der Waals surface area contributed by atoms with Crippen LogP contribution in [0.3, 0.4) is 0 Å². The zero-order valence-electron chi connectivity index (χ0n) is 15.5. The van der Waals surface area contributed by atoms with Crippen LogP contribution in [0.4, 0.5) is 13.5 Å². The van der Waals surface area contributed by atoms with Gasteiger partial charge in [-0.1, -0.05) is 0 Å². The lowest BCUT2D eigenvalue weighted by atomic mass is 9.97. The third-order valence-corrected chi connectivity index (χ3v) is 4.90. The molecule has 0 bridgehead atoms. The molecule has 1 N–H and O–H groups in total. The molecule has 0 atom stereocenters. The summed E-state index contributed by atoms with van der Waals surface area (Å²) in [5, 5.41) is 14.3. The van der Waals surface area contributed by atoms with Crippen molar-refractivity contribution in [3.8, 4) is 34.3 Å². The first-order valence-corrected chi connectivity index (χ1v) is 9.03. The molecule has 0 saturated heterocycles. The maximum atomic E-state index is 13.9.